The molecule has 2 heteroatoms. The minimum atomic E-state index is 0.219. The predicted octanol–water partition coefficient (Wildman–Crippen LogP) is 8.55. The Morgan fingerprint density at radius 1 is 0.697 bits per heavy atom. The molecule has 0 aromatic heterocycles. The van der Waals surface area contributed by atoms with Crippen LogP contribution in [0.2, 0.25) is 0 Å². The quantitative estimate of drug-likeness (QED) is 0.263. The molecule has 0 bridgehead atoms. The van der Waals surface area contributed by atoms with Crippen molar-refractivity contribution in [3.05, 3.63) is 138 Å². The fourth-order valence-electron chi connectivity index (χ4n) is 4.02. The molecule has 1 atom stereocenters. The van der Waals surface area contributed by atoms with Crippen molar-refractivity contribution in [1.29, 1.82) is 5.26 Å². The molecule has 5 aromatic carbocycles. The van der Waals surface area contributed by atoms with Crippen molar-refractivity contribution in [3.63, 3.8) is 0 Å². The van der Waals surface area contributed by atoms with E-state index in [4.69, 9.17) is 5.26 Å². The Kier molecular flexibility index (Phi) is 6.24. The molecule has 158 valence electrons. The maximum atomic E-state index is 9.06. The summed E-state index contributed by atoms with van der Waals surface area (Å²) in [5.41, 5.74) is 4.43. The summed E-state index contributed by atoms with van der Waals surface area (Å²) < 4.78 is 0. The molecule has 5 aromatic rings. The van der Waals surface area contributed by atoms with Crippen LogP contribution in [0.25, 0.3) is 27.6 Å². The van der Waals surface area contributed by atoms with E-state index in [0.717, 1.165) is 5.75 Å². The second-order valence-corrected chi connectivity index (χ2v) is 9.24. The molecule has 1 unspecified atom stereocenters. The Bertz CT molecular complexity index is 1470. The highest BCUT2D eigenvalue weighted by atomic mass is 32.2. The van der Waals surface area contributed by atoms with E-state index < -0.39 is 0 Å². The maximum Gasteiger partial charge on any atom is 0.0991 e. The van der Waals surface area contributed by atoms with Crippen molar-refractivity contribution in [2.45, 2.75) is 11.0 Å². The molecule has 33 heavy (non-hydrogen) atoms. The van der Waals surface area contributed by atoms with Gasteiger partial charge in [0.2, 0.25) is 0 Å². The van der Waals surface area contributed by atoms with Crippen molar-refractivity contribution in [1.82, 2.24) is 0 Å². The molecular formula is C31H23NS. The first-order chi connectivity index (χ1) is 16.3. The third-order valence-corrected chi connectivity index (χ3v) is 7.14. The Morgan fingerprint density at radius 3 is 2.03 bits per heavy atom. The van der Waals surface area contributed by atoms with Crippen LogP contribution in [0.15, 0.2) is 115 Å². The average molecular weight is 442 g/mol. The van der Waals surface area contributed by atoms with E-state index in [1.165, 1.54) is 38.2 Å². The summed E-state index contributed by atoms with van der Waals surface area (Å²) in [6.07, 6.45) is 4.54. The monoisotopic (exact) mass is 441 g/mol. The van der Waals surface area contributed by atoms with Gasteiger partial charge >= 0.3 is 0 Å². The Balaban J connectivity index is 1.44. The van der Waals surface area contributed by atoms with Crippen molar-refractivity contribution in [2.75, 3.05) is 0 Å². The molecule has 1 nitrogen and oxygen atoms in total. The van der Waals surface area contributed by atoms with Crippen LogP contribution in [0.1, 0.15) is 27.5 Å². The molecule has 0 aliphatic heterocycles. The summed E-state index contributed by atoms with van der Waals surface area (Å²) in [6, 6.07) is 40.4. The van der Waals surface area contributed by atoms with E-state index in [2.05, 4.69) is 115 Å². The summed E-state index contributed by atoms with van der Waals surface area (Å²) in [4.78, 5) is 0. The molecule has 0 saturated heterocycles. The normalized spacial score (nSPS) is 12.2. The van der Waals surface area contributed by atoms with Crippen LogP contribution in [0.5, 0.6) is 0 Å². The van der Waals surface area contributed by atoms with Gasteiger partial charge < -0.3 is 0 Å². The van der Waals surface area contributed by atoms with Crippen molar-refractivity contribution in [2.24, 2.45) is 0 Å². The SMILES string of the molecule is N#Cc1ccc(CSC(/C=C/c2ccc3ccccc3c2)c2ccc3ccccc3c2)cc1. The van der Waals surface area contributed by atoms with Crippen LogP contribution in [0.4, 0.5) is 0 Å². The van der Waals surface area contributed by atoms with Gasteiger partial charge in [-0.1, -0.05) is 97.1 Å². The zero-order valence-electron chi connectivity index (χ0n) is 18.2. The van der Waals surface area contributed by atoms with Gasteiger partial charge in [-0.15, -0.1) is 11.8 Å². The van der Waals surface area contributed by atoms with E-state index in [-0.39, 0.29) is 5.25 Å². The van der Waals surface area contributed by atoms with E-state index in [1.54, 1.807) is 0 Å². The molecule has 0 aliphatic carbocycles. The van der Waals surface area contributed by atoms with Gasteiger partial charge in [-0.2, -0.15) is 5.26 Å². The molecule has 0 amide bonds. The Hall–Kier alpha value is -3.80. The third-order valence-electron chi connectivity index (χ3n) is 5.85. The standard InChI is InChI=1S/C31H23NS/c32-21-24-9-11-25(12-10-24)22-33-31(30-17-16-27-6-2-4-8-29(27)20-30)18-14-23-13-15-26-5-1-3-7-28(26)19-23/h1-20,31H,22H2/b18-14+. The number of fused-ring (bicyclic) bond motifs is 2. The zero-order chi connectivity index (χ0) is 22.5. The topological polar surface area (TPSA) is 23.8 Å². The number of hydrogen-bond donors (Lipinski definition) is 0. The van der Waals surface area contributed by atoms with Crippen LogP contribution in [0.3, 0.4) is 0 Å². The number of nitriles is 1. The molecule has 0 saturated carbocycles. The lowest BCUT2D eigenvalue weighted by molar-refractivity contribution is 1.23. The lowest BCUT2D eigenvalue weighted by Crippen LogP contribution is -1.93. The summed E-state index contributed by atoms with van der Waals surface area (Å²) in [6.45, 7) is 0. The lowest BCUT2D eigenvalue weighted by atomic mass is 10.0. The molecule has 0 aliphatic rings. The van der Waals surface area contributed by atoms with Crippen LogP contribution < -0.4 is 0 Å². The Morgan fingerprint density at radius 2 is 1.33 bits per heavy atom. The van der Waals surface area contributed by atoms with Crippen LogP contribution in [-0.4, -0.2) is 0 Å². The predicted molar refractivity (Wildman–Crippen MR) is 142 cm³/mol. The third kappa shape index (κ3) is 5.00. The minimum Gasteiger partial charge on any atom is -0.192 e. The number of nitrogens with zero attached hydrogens (tertiary/aromatic N) is 1. The van der Waals surface area contributed by atoms with Crippen LogP contribution in [-0.2, 0) is 5.75 Å². The lowest BCUT2D eigenvalue weighted by Gasteiger charge is -2.15. The molecule has 5 rings (SSSR count). The van der Waals surface area contributed by atoms with Gasteiger partial charge in [0.15, 0.2) is 0 Å². The number of thioether (sulfide) groups is 1. The van der Waals surface area contributed by atoms with Gasteiger partial charge in [-0.25, -0.2) is 0 Å². The maximum absolute atomic E-state index is 9.06. The molecule has 0 N–H and O–H groups in total. The van der Waals surface area contributed by atoms with Gasteiger partial charge in [0.05, 0.1) is 11.6 Å². The van der Waals surface area contributed by atoms with Gasteiger partial charge in [0.1, 0.15) is 0 Å². The van der Waals surface area contributed by atoms with Crippen molar-refractivity contribution < 1.29 is 0 Å². The fourth-order valence-corrected chi connectivity index (χ4v) is 5.11. The van der Waals surface area contributed by atoms with Gasteiger partial charge in [-0.05, 0) is 62.5 Å². The summed E-state index contributed by atoms with van der Waals surface area (Å²) in [5, 5.41) is 14.3. The largest absolute Gasteiger partial charge is 0.192 e. The first-order valence-corrected chi connectivity index (χ1v) is 12.1. The van der Waals surface area contributed by atoms with Crippen molar-refractivity contribution in [3.8, 4) is 6.07 Å². The summed E-state index contributed by atoms with van der Waals surface area (Å²) in [5.74, 6) is 0.880. The zero-order valence-corrected chi connectivity index (χ0v) is 19.0. The highest BCUT2D eigenvalue weighted by Gasteiger charge is 2.10. The number of hydrogen-bond acceptors (Lipinski definition) is 2. The molecular weight excluding hydrogens is 418 g/mol. The van der Waals surface area contributed by atoms with Crippen molar-refractivity contribution >= 4 is 39.4 Å². The highest BCUT2D eigenvalue weighted by Crippen LogP contribution is 2.35. The van der Waals surface area contributed by atoms with E-state index in [0.29, 0.717) is 5.56 Å². The van der Waals surface area contributed by atoms with E-state index in [1.807, 2.05) is 23.9 Å². The second-order valence-electron chi connectivity index (χ2n) is 8.11. The molecule has 0 radical (unpaired) electrons. The van der Waals surface area contributed by atoms with E-state index >= 15 is 0 Å². The molecule has 0 spiro atoms. The first kappa shape index (κ1) is 21.1. The molecule has 0 fully saturated rings. The Labute approximate surface area is 199 Å². The van der Waals surface area contributed by atoms with Crippen LogP contribution >= 0.6 is 11.8 Å². The second kappa shape index (κ2) is 9.77. The van der Waals surface area contributed by atoms with E-state index in [9.17, 15) is 0 Å². The summed E-state index contributed by atoms with van der Waals surface area (Å²) >= 11 is 1.90. The van der Waals surface area contributed by atoms with Gasteiger partial charge in [0.25, 0.3) is 0 Å². The molecule has 0 heterocycles. The smallest absolute Gasteiger partial charge is 0.0991 e. The van der Waals surface area contributed by atoms with Crippen LogP contribution in [0, 0.1) is 11.3 Å². The van der Waals surface area contributed by atoms with Gasteiger partial charge in [-0.3, -0.25) is 0 Å². The highest BCUT2D eigenvalue weighted by molar-refractivity contribution is 7.98. The number of rotatable bonds is 6. The number of benzene rings is 5. The average Bonchev–Trinajstić information content (AvgIpc) is 2.88. The first-order valence-electron chi connectivity index (χ1n) is 11.0. The van der Waals surface area contributed by atoms with Gasteiger partial charge in [0, 0.05) is 11.0 Å². The fraction of sp³-hybridized carbons (Fsp3) is 0.0645. The summed E-state index contributed by atoms with van der Waals surface area (Å²) in [7, 11) is 0. The minimum absolute atomic E-state index is 0.219.